The largest absolute Gasteiger partial charge is 0.480 e. The van der Waals surface area contributed by atoms with Crippen molar-refractivity contribution >= 4 is 36.3 Å². The Labute approximate surface area is 191 Å². The molecule has 0 bridgehead atoms. The van der Waals surface area contributed by atoms with Crippen molar-refractivity contribution in [1.82, 2.24) is 16.0 Å². The molecule has 3 amide bonds. The van der Waals surface area contributed by atoms with Gasteiger partial charge in [0.1, 0.15) is 18.1 Å². The normalized spacial score (nSPS) is 17.1. The Morgan fingerprint density at radius 2 is 1.35 bits per heavy atom. The Bertz CT molecular complexity index is 617. The monoisotopic (exact) mass is 460 g/mol. The van der Waals surface area contributed by atoms with Crippen LogP contribution in [0.4, 0.5) is 0 Å². The highest BCUT2D eigenvalue weighted by Crippen LogP contribution is 2.13. The van der Waals surface area contributed by atoms with Gasteiger partial charge < -0.3 is 26.8 Å². The van der Waals surface area contributed by atoms with Gasteiger partial charge in [-0.2, -0.15) is 12.6 Å². The molecule has 9 nitrogen and oxygen atoms in total. The summed E-state index contributed by atoms with van der Waals surface area (Å²) < 4.78 is 0. The predicted molar refractivity (Wildman–Crippen MR) is 124 cm³/mol. The van der Waals surface area contributed by atoms with Crippen molar-refractivity contribution < 1.29 is 24.3 Å². The quantitative estimate of drug-likeness (QED) is 0.212. The first-order chi connectivity index (χ1) is 14.4. The maximum Gasteiger partial charge on any atom is 0.327 e. The van der Waals surface area contributed by atoms with Crippen LogP contribution in [0, 0.1) is 17.8 Å². The summed E-state index contributed by atoms with van der Waals surface area (Å²) in [5, 5.41) is 17.0. The van der Waals surface area contributed by atoms with Crippen LogP contribution in [0.2, 0.25) is 0 Å². The second-order valence-electron chi connectivity index (χ2n) is 8.56. The molecule has 0 aromatic carbocycles. The van der Waals surface area contributed by atoms with Gasteiger partial charge in [-0.15, -0.1) is 0 Å². The lowest BCUT2D eigenvalue weighted by Gasteiger charge is -2.29. The topological polar surface area (TPSA) is 151 Å². The maximum atomic E-state index is 13.0. The first-order valence-electron chi connectivity index (χ1n) is 10.9. The fraction of sp³-hybridized carbons (Fsp3) is 0.810. The summed E-state index contributed by atoms with van der Waals surface area (Å²) in [6.07, 6.45) is 1.66. The van der Waals surface area contributed by atoms with E-state index in [0.29, 0.717) is 12.8 Å². The number of carbonyl (C=O) groups is 4. The lowest BCUT2D eigenvalue weighted by Crippen LogP contribution is -2.59. The molecule has 6 atom stereocenters. The van der Waals surface area contributed by atoms with Gasteiger partial charge in [0.15, 0.2) is 0 Å². The van der Waals surface area contributed by atoms with E-state index in [1.54, 1.807) is 0 Å². The molecule has 0 radical (unpaired) electrons. The number of thiol groups is 1. The predicted octanol–water partition coefficient (Wildman–Crippen LogP) is 0.921. The molecule has 0 heterocycles. The third-order valence-corrected chi connectivity index (χ3v) is 5.86. The molecule has 6 unspecified atom stereocenters. The summed E-state index contributed by atoms with van der Waals surface area (Å²) in [5.74, 6) is -2.99. The first-order valence-corrected chi connectivity index (χ1v) is 11.5. The maximum absolute atomic E-state index is 13.0. The summed E-state index contributed by atoms with van der Waals surface area (Å²) in [6.45, 7) is 11.3. The molecule has 0 aliphatic carbocycles. The van der Waals surface area contributed by atoms with Crippen LogP contribution in [0.1, 0.15) is 60.8 Å². The molecule has 0 fully saturated rings. The highest BCUT2D eigenvalue weighted by molar-refractivity contribution is 7.80. The summed E-state index contributed by atoms with van der Waals surface area (Å²) in [7, 11) is 0. The summed E-state index contributed by atoms with van der Waals surface area (Å²) >= 11 is 3.95. The molecule has 0 saturated carbocycles. The number of nitrogens with two attached hydrogens (primary N) is 1. The van der Waals surface area contributed by atoms with Crippen LogP contribution in [0.25, 0.3) is 0 Å². The molecule has 31 heavy (non-hydrogen) atoms. The van der Waals surface area contributed by atoms with E-state index in [1.807, 2.05) is 41.5 Å². The van der Waals surface area contributed by atoms with Gasteiger partial charge >= 0.3 is 5.97 Å². The van der Waals surface area contributed by atoms with Crippen molar-refractivity contribution in [1.29, 1.82) is 0 Å². The fourth-order valence-electron chi connectivity index (χ4n) is 2.89. The lowest BCUT2D eigenvalue weighted by atomic mass is 9.94. The van der Waals surface area contributed by atoms with Crippen LogP contribution < -0.4 is 21.7 Å². The number of aliphatic carboxylic acids is 1. The van der Waals surface area contributed by atoms with Crippen LogP contribution in [0.5, 0.6) is 0 Å². The Balaban J connectivity index is 5.51. The summed E-state index contributed by atoms with van der Waals surface area (Å²) in [5.41, 5.74) is 6.00. The van der Waals surface area contributed by atoms with Crippen LogP contribution >= 0.6 is 12.6 Å². The van der Waals surface area contributed by atoms with E-state index in [2.05, 4.69) is 28.6 Å². The van der Waals surface area contributed by atoms with Crippen LogP contribution in [-0.4, -0.2) is 58.7 Å². The van der Waals surface area contributed by atoms with E-state index in [4.69, 9.17) is 10.8 Å². The van der Waals surface area contributed by atoms with E-state index in [-0.39, 0.29) is 23.5 Å². The standard InChI is InChI=1S/C21H40N4O5S/c1-7-12(5)16(22)19(27)25-17(13(6)8-2)20(28)23-14(9-11(3)4)18(26)24-15(10-31)21(29)30/h11-17,31H,7-10,22H2,1-6H3,(H,23,28)(H,24,26)(H,25,27)(H,29,30). The average molecular weight is 461 g/mol. The minimum atomic E-state index is -1.21. The van der Waals surface area contributed by atoms with Gasteiger partial charge in [-0.05, 0) is 24.2 Å². The number of nitrogens with one attached hydrogen (secondary N) is 3. The Hall–Kier alpha value is -1.81. The number of carboxylic acid groups (broad SMARTS) is 1. The van der Waals surface area contributed by atoms with Crippen molar-refractivity contribution in [2.24, 2.45) is 23.5 Å². The van der Waals surface area contributed by atoms with E-state index >= 15 is 0 Å². The van der Waals surface area contributed by atoms with Gasteiger partial charge in [-0.1, -0.05) is 54.4 Å². The van der Waals surface area contributed by atoms with Gasteiger partial charge in [-0.3, -0.25) is 14.4 Å². The van der Waals surface area contributed by atoms with Gasteiger partial charge in [0, 0.05) is 5.75 Å². The van der Waals surface area contributed by atoms with E-state index in [0.717, 1.165) is 6.42 Å². The molecule has 180 valence electrons. The average Bonchev–Trinajstić information content (AvgIpc) is 2.72. The van der Waals surface area contributed by atoms with Crippen molar-refractivity contribution in [2.75, 3.05) is 5.75 Å². The molecule has 0 rings (SSSR count). The van der Waals surface area contributed by atoms with Crippen molar-refractivity contribution in [3.05, 3.63) is 0 Å². The third-order valence-electron chi connectivity index (χ3n) is 5.49. The molecule has 0 saturated heterocycles. The van der Waals surface area contributed by atoms with Crippen LogP contribution in [-0.2, 0) is 19.2 Å². The van der Waals surface area contributed by atoms with Gasteiger partial charge in [-0.25, -0.2) is 4.79 Å². The Morgan fingerprint density at radius 1 is 0.839 bits per heavy atom. The van der Waals surface area contributed by atoms with Gasteiger partial charge in [0.2, 0.25) is 17.7 Å². The highest BCUT2D eigenvalue weighted by Gasteiger charge is 2.33. The molecule has 0 spiro atoms. The number of hydrogen-bond donors (Lipinski definition) is 6. The second kappa shape index (κ2) is 14.3. The molecular formula is C21H40N4O5S. The van der Waals surface area contributed by atoms with Crippen molar-refractivity contribution in [3.8, 4) is 0 Å². The zero-order chi connectivity index (χ0) is 24.3. The zero-order valence-corrected chi connectivity index (χ0v) is 20.4. The number of hydrogen-bond acceptors (Lipinski definition) is 6. The molecule has 0 aromatic rings. The minimum absolute atomic E-state index is 0.0469. The summed E-state index contributed by atoms with van der Waals surface area (Å²) in [4.78, 5) is 49.5. The highest BCUT2D eigenvalue weighted by atomic mass is 32.1. The fourth-order valence-corrected chi connectivity index (χ4v) is 3.13. The minimum Gasteiger partial charge on any atom is -0.480 e. The molecule has 0 aliphatic heterocycles. The summed E-state index contributed by atoms with van der Waals surface area (Å²) in [6, 6.07) is -3.72. The molecule has 0 aliphatic rings. The van der Waals surface area contributed by atoms with Crippen molar-refractivity contribution in [3.63, 3.8) is 0 Å². The van der Waals surface area contributed by atoms with Crippen LogP contribution in [0.3, 0.4) is 0 Å². The number of carbonyl (C=O) groups excluding carboxylic acids is 3. The Morgan fingerprint density at radius 3 is 1.77 bits per heavy atom. The smallest absolute Gasteiger partial charge is 0.327 e. The molecule has 10 heteroatoms. The lowest BCUT2D eigenvalue weighted by molar-refractivity contribution is -0.141. The van der Waals surface area contributed by atoms with Gasteiger partial charge in [0.05, 0.1) is 6.04 Å². The molecular weight excluding hydrogens is 420 g/mol. The number of amides is 3. The Kier molecular flexibility index (Phi) is 13.5. The van der Waals surface area contributed by atoms with E-state index in [1.165, 1.54) is 0 Å². The number of rotatable bonds is 14. The number of carboxylic acids is 1. The second-order valence-corrected chi connectivity index (χ2v) is 8.92. The third kappa shape index (κ3) is 9.90. The molecule has 6 N–H and O–H groups in total. The van der Waals surface area contributed by atoms with Gasteiger partial charge in [0.25, 0.3) is 0 Å². The van der Waals surface area contributed by atoms with E-state index in [9.17, 15) is 19.2 Å². The molecule has 0 aromatic heterocycles. The SMILES string of the molecule is CCC(C)C(N)C(=O)NC(C(=O)NC(CC(C)C)C(=O)NC(CS)C(=O)O)C(C)CC. The van der Waals surface area contributed by atoms with E-state index < -0.39 is 47.9 Å². The van der Waals surface area contributed by atoms with Crippen molar-refractivity contribution in [2.45, 2.75) is 85.0 Å². The first kappa shape index (κ1) is 29.2. The van der Waals surface area contributed by atoms with Crippen LogP contribution in [0.15, 0.2) is 0 Å². The zero-order valence-electron chi connectivity index (χ0n) is 19.5.